The van der Waals surface area contributed by atoms with Gasteiger partial charge in [0.2, 0.25) is 5.91 Å². The topological polar surface area (TPSA) is 53.8 Å². The van der Waals surface area contributed by atoms with Crippen LogP contribution in [0.3, 0.4) is 0 Å². The Kier molecular flexibility index (Phi) is 5.68. The second-order valence-corrected chi connectivity index (χ2v) is 8.10. The molecule has 144 valence electrons. The molecule has 1 saturated heterocycles. The zero-order chi connectivity index (χ0) is 19.4. The van der Waals surface area contributed by atoms with E-state index in [4.69, 9.17) is 4.42 Å². The van der Waals surface area contributed by atoms with E-state index in [1.165, 1.54) is 17.4 Å². The predicted molar refractivity (Wildman–Crippen MR) is 105 cm³/mol. The van der Waals surface area contributed by atoms with E-state index in [-0.39, 0.29) is 17.2 Å². The van der Waals surface area contributed by atoms with Gasteiger partial charge in [0.05, 0.1) is 6.26 Å². The summed E-state index contributed by atoms with van der Waals surface area (Å²) in [4.78, 5) is 28.4. The summed E-state index contributed by atoms with van der Waals surface area (Å²) in [5.74, 6) is 0.402. The highest BCUT2D eigenvalue weighted by Crippen LogP contribution is 2.22. The Labute approximate surface area is 160 Å². The molecule has 5 nitrogen and oxygen atoms in total. The molecule has 1 fully saturated rings. The molecule has 2 amide bonds. The van der Waals surface area contributed by atoms with Gasteiger partial charge in [-0.15, -0.1) is 0 Å². The minimum Gasteiger partial charge on any atom is -0.459 e. The Morgan fingerprint density at radius 1 is 0.963 bits per heavy atom. The van der Waals surface area contributed by atoms with E-state index in [9.17, 15) is 9.59 Å². The van der Waals surface area contributed by atoms with Crippen LogP contribution in [0.15, 0.2) is 47.1 Å². The molecule has 2 aromatic rings. The van der Waals surface area contributed by atoms with Gasteiger partial charge in [0.15, 0.2) is 5.76 Å². The summed E-state index contributed by atoms with van der Waals surface area (Å²) in [5, 5.41) is 0. The molecule has 1 aromatic heterocycles. The first-order valence-corrected chi connectivity index (χ1v) is 9.54. The molecule has 0 bridgehead atoms. The molecular formula is C22H28N2O3. The molecule has 0 spiro atoms. The van der Waals surface area contributed by atoms with Crippen LogP contribution in [0.4, 0.5) is 0 Å². The van der Waals surface area contributed by atoms with Gasteiger partial charge in [-0.25, -0.2) is 0 Å². The van der Waals surface area contributed by atoms with E-state index < -0.39 is 0 Å². The van der Waals surface area contributed by atoms with Gasteiger partial charge in [-0.1, -0.05) is 45.0 Å². The van der Waals surface area contributed by atoms with E-state index in [1.807, 2.05) is 4.90 Å². The molecule has 2 heterocycles. The number of aryl methyl sites for hydroxylation is 1. The lowest BCUT2D eigenvalue weighted by atomic mass is 9.86. The predicted octanol–water partition coefficient (Wildman–Crippen LogP) is 3.49. The molecule has 3 rings (SSSR count). The standard InChI is InChI=1S/C22H28N2O3/c1-22(2,3)18-9-6-17(7-10-18)8-11-20(25)23-12-14-24(15-13-23)21(26)19-5-4-16-27-19/h4-7,9-10,16H,8,11-15H2,1-3H3. The Bertz CT molecular complexity index is 765. The van der Waals surface area contributed by atoms with Crippen molar-refractivity contribution < 1.29 is 14.0 Å². The molecule has 5 heteroatoms. The van der Waals surface area contributed by atoms with Gasteiger partial charge in [0, 0.05) is 32.6 Å². The number of carbonyl (C=O) groups is 2. The van der Waals surface area contributed by atoms with Gasteiger partial charge in [-0.3, -0.25) is 9.59 Å². The van der Waals surface area contributed by atoms with Crippen LogP contribution < -0.4 is 0 Å². The zero-order valence-electron chi connectivity index (χ0n) is 16.4. The summed E-state index contributed by atoms with van der Waals surface area (Å²) in [7, 11) is 0. The third kappa shape index (κ3) is 4.79. The Morgan fingerprint density at radius 3 is 2.15 bits per heavy atom. The molecule has 0 N–H and O–H groups in total. The average Bonchev–Trinajstić information content (AvgIpc) is 3.20. The number of carbonyl (C=O) groups excluding carboxylic acids is 2. The van der Waals surface area contributed by atoms with E-state index in [0.29, 0.717) is 38.4 Å². The van der Waals surface area contributed by atoms with Gasteiger partial charge in [0.1, 0.15) is 0 Å². The van der Waals surface area contributed by atoms with Crippen molar-refractivity contribution in [3.05, 3.63) is 59.5 Å². The van der Waals surface area contributed by atoms with Crippen molar-refractivity contribution in [2.75, 3.05) is 26.2 Å². The van der Waals surface area contributed by atoms with Crippen LogP contribution in [0.25, 0.3) is 0 Å². The summed E-state index contributed by atoms with van der Waals surface area (Å²) in [6.07, 6.45) is 2.75. The molecular weight excluding hydrogens is 340 g/mol. The SMILES string of the molecule is CC(C)(C)c1ccc(CCC(=O)N2CCN(C(=O)c3ccco3)CC2)cc1. The van der Waals surface area contributed by atoms with Gasteiger partial charge < -0.3 is 14.2 Å². The molecule has 1 aliphatic heterocycles. The molecule has 0 saturated carbocycles. The highest BCUT2D eigenvalue weighted by atomic mass is 16.3. The number of hydrogen-bond donors (Lipinski definition) is 0. The second kappa shape index (κ2) is 7.99. The third-order valence-corrected chi connectivity index (χ3v) is 5.10. The lowest BCUT2D eigenvalue weighted by molar-refractivity contribution is -0.132. The van der Waals surface area contributed by atoms with E-state index in [0.717, 1.165) is 6.42 Å². The van der Waals surface area contributed by atoms with Crippen LogP contribution in [0, 0.1) is 0 Å². The first kappa shape index (κ1) is 19.2. The van der Waals surface area contributed by atoms with Crippen LogP contribution >= 0.6 is 0 Å². The van der Waals surface area contributed by atoms with Crippen molar-refractivity contribution in [3.8, 4) is 0 Å². The molecule has 0 radical (unpaired) electrons. The molecule has 0 aliphatic carbocycles. The first-order valence-electron chi connectivity index (χ1n) is 9.54. The van der Waals surface area contributed by atoms with E-state index in [1.54, 1.807) is 17.0 Å². The normalized spacial score (nSPS) is 15.1. The zero-order valence-corrected chi connectivity index (χ0v) is 16.4. The summed E-state index contributed by atoms with van der Waals surface area (Å²) < 4.78 is 5.17. The van der Waals surface area contributed by atoms with Gasteiger partial charge in [-0.2, -0.15) is 0 Å². The molecule has 0 atom stereocenters. The average molecular weight is 368 g/mol. The van der Waals surface area contributed by atoms with Crippen LogP contribution in [0.1, 0.15) is 48.9 Å². The minimum atomic E-state index is -0.106. The number of amides is 2. The maximum Gasteiger partial charge on any atom is 0.289 e. The van der Waals surface area contributed by atoms with Crippen LogP contribution in [0.2, 0.25) is 0 Å². The van der Waals surface area contributed by atoms with Crippen LogP contribution in [-0.4, -0.2) is 47.8 Å². The van der Waals surface area contributed by atoms with Crippen molar-refractivity contribution in [2.24, 2.45) is 0 Å². The first-order chi connectivity index (χ1) is 12.8. The number of benzene rings is 1. The monoisotopic (exact) mass is 368 g/mol. The molecule has 1 aliphatic rings. The largest absolute Gasteiger partial charge is 0.459 e. The van der Waals surface area contributed by atoms with Crippen molar-refractivity contribution in [1.29, 1.82) is 0 Å². The Morgan fingerprint density at radius 2 is 1.59 bits per heavy atom. The van der Waals surface area contributed by atoms with Crippen molar-refractivity contribution in [1.82, 2.24) is 9.80 Å². The fourth-order valence-corrected chi connectivity index (χ4v) is 3.30. The molecule has 0 unspecified atom stereocenters. The number of rotatable bonds is 4. The summed E-state index contributed by atoms with van der Waals surface area (Å²) >= 11 is 0. The number of furan rings is 1. The lowest BCUT2D eigenvalue weighted by Gasteiger charge is -2.34. The summed E-state index contributed by atoms with van der Waals surface area (Å²) in [6.45, 7) is 8.84. The van der Waals surface area contributed by atoms with Crippen LogP contribution in [0.5, 0.6) is 0 Å². The maximum absolute atomic E-state index is 12.5. The second-order valence-electron chi connectivity index (χ2n) is 8.10. The van der Waals surface area contributed by atoms with Crippen molar-refractivity contribution >= 4 is 11.8 Å². The van der Waals surface area contributed by atoms with Gasteiger partial charge in [-0.05, 0) is 35.1 Å². The highest BCUT2D eigenvalue weighted by Gasteiger charge is 2.25. The van der Waals surface area contributed by atoms with Gasteiger partial charge in [0.25, 0.3) is 5.91 Å². The summed E-state index contributed by atoms with van der Waals surface area (Å²) in [6, 6.07) is 11.9. The number of hydrogen-bond acceptors (Lipinski definition) is 3. The molecule has 27 heavy (non-hydrogen) atoms. The Hall–Kier alpha value is -2.56. The third-order valence-electron chi connectivity index (χ3n) is 5.10. The quantitative estimate of drug-likeness (QED) is 0.830. The smallest absolute Gasteiger partial charge is 0.289 e. The van der Waals surface area contributed by atoms with E-state index in [2.05, 4.69) is 45.0 Å². The summed E-state index contributed by atoms with van der Waals surface area (Å²) in [5.41, 5.74) is 2.62. The lowest BCUT2D eigenvalue weighted by Crippen LogP contribution is -2.50. The van der Waals surface area contributed by atoms with Crippen LogP contribution in [-0.2, 0) is 16.6 Å². The minimum absolute atomic E-state index is 0.106. The highest BCUT2D eigenvalue weighted by molar-refractivity contribution is 5.91. The maximum atomic E-state index is 12.5. The van der Waals surface area contributed by atoms with Crippen molar-refractivity contribution in [2.45, 2.75) is 39.0 Å². The fraction of sp³-hybridized carbons (Fsp3) is 0.455. The fourth-order valence-electron chi connectivity index (χ4n) is 3.30. The van der Waals surface area contributed by atoms with E-state index >= 15 is 0 Å². The molecule has 1 aromatic carbocycles. The van der Waals surface area contributed by atoms with Gasteiger partial charge >= 0.3 is 0 Å². The number of nitrogens with zero attached hydrogens (tertiary/aromatic N) is 2. The number of piperazine rings is 1. The Balaban J connectivity index is 1.46. The van der Waals surface area contributed by atoms with Crippen molar-refractivity contribution in [3.63, 3.8) is 0 Å².